The minimum atomic E-state index is -0.594. The molecule has 0 saturated carbocycles. The van der Waals surface area contributed by atoms with Gasteiger partial charge in [0.25, 0.3) is 0 Å². The van der Waals surface area contributed by atoms with Crippen LogP contribution >= 0.6 is 0 Å². The van der Waals surface area contributed by atoms with Crippen LogP contribution in [0.2, 0.25) is 0 Å². The average Bonchev–Trinajstić information content (AvgIpc) is 2.86. The third kappa shape index (κ3) is 1.81. The predicted octanol–water partition coefficient (Wildman–Crippen LogP) is 2.64. The largest absolute Gasteiger partial charge is 0.384 e. The van der Waals surface area contributed by atoms with Crippen molar-refractivity contribution in [1.82, 2.24) is 9.97 Å². The number of imidazole rings is 1. The first-order valence-corrected chi connectivity index (χ1v) is 5.50. The predicted molar refractivity (Wildman–Crippen MR) is 66.6 cm³/mol. The molecule has 0 bridgehead atoms. The van der Waals surface area contributed by atoms with Crippen molar-refractivity contribution >= 4 is 11.0 Å². The molecule has 0 aliphatic carbocycles. The molecular weight excluding hydrogens is 212 g/mol. The van der Waals surface area contributed by atoms with Gasteiger partial charge < -0.3 is 10.1 Å². The van der Waals surface area contributed by atoms with Crippen LogP contribution in [0.4, 0.5) is 0 Å². The Labute approximate surface area is 98.8 Å². The van der Waals surface area contributed by atoms with Crippen molar-refractivity contribution in [1.29, 1.82) is 0 Å². The summed E-state index contributed by atoms with van der Waals surface area (Å²) in [5.74, 6) is 0. The minimum Gasteiger partial charge on any atom is -0.384 e. The topological polar surface area (TPSA) is 48.9 Å². The van der Waals surface area contributed by atoms with E-state index in [1.54, 1.807) is 6.33 Å². The van der Waals surface area contributed by atoms with E-state index < -0.39 is 6.10 Å². The van der Waals surface area contributed by atoms with Crippen molar-refractivity contribution in [3.8, 4) is 0 Å². The zero-order chi connectivity index (χ0) is 11.7. The molecule has 2 aromatic carbocycles. The fraction of sp³-hybridized carbons (Fsp3) is 0.0714. The van der Waals surface area contributed by atoms with E-state index in [1.165, 1.54) is 0 Å². The summed E-state index contributed by atoms with van der Waals surface area (Å²) in [6.07, 6.45) is 1.06. The van der Waals surface area contributed by atoms with Crippen LogP contribution < -0.4 is 0 Å². The molecule has 3 nitrogen and oxygen atoms in total. The zero-order valence-electron chi connectivity index (χ0n) is 9.17. The van der Waals surface area contributed by atoms with Gasteiger partial charge >= 0.3 is 0 Å². The van der Waals surface area contributed by atoms with Gasteiger partial charge in [0, 0.05) is 0 Å². The molecule has 0 aliphatic heterocycles. The number of benzene rings is 2. The number of H-pyrrole nitrogens is 1. The number of aliphatic hydroxyl groups is 1. The summed E-state index contributed by atoms with van der Waals surface area (Å²) in [5.41, 5.74) is 3.62. The van der Waals surface area contributed by atoms with Gasteiger partial charge in [-0.05, 0) is 23.3 Å². The van der Waals surface area contributed by atoms with Crippen molar-refractivity contribution in [2.24, 2.45) is 0 Å². The SMILES string of the molecule is OC(c1ccccc1)c1ccc2nc[nH]c2c1. The van der Waals surface area contributed by atoms with E-state index in [-0.39, 0.29) is 0 Å². The molecule has 0 fully saturated rings. The van der Waals surface area contributed by atoms with Crippen LogP contribution in [0.5, 0.6) is 0 Å². The van der Waals surface area contributed by atoms with E-state index >= 15 is 0 Å². The first-order chi connectivity index (χ1) is 8.34. The van der Waals surface area contributed by atoms with Gasteiger partial charge in [0.15, 0.2) is 0 Å². The summed E-state index contributed by atoms with van der Waals surface area (Å²) in [6.45, 7) is 0. The second kappa shape index (κ2) is 4.03. The molecule has 3 rings (SSSR count). The Morgan fingerprint density at radius 1 is 1.00 bits per heavy atom. The second-order valence-corrected chi connectivity index (χ2v) is 3.99. The number of rotatable bonds is 2. The molecule has 0 amide bonds. The first-order valence-electron chi connectivity index (χ1n) is 5.50. The van der Waals surface area contributed by atoms with Crippen molar-refractivity contribution in [2.45, 2.75) is 6.10 Å². The Hall–Kier alpha value is -2.13. The molecule has 3 heteroatoms. The van der Waals surface area contributed by atoms with Crippen LogP contribution in [0.25, 0.3) is 11.0 Å². The molecule has 84 valence electrons. The molecule has 0 radical (unpaired) electrons. The van der Waals surface area contributed by atoms with Crippen LogP contribution in [-0.4, -0.2) is 15.1 Å². The normalized spacial score (nSPS) is 12.8. The van der Waals surface area contributed by atoms with Gasteiger partial charge in [0.2, 0.25) is 0 Å². The highest BCUT2D eigenvalue weighted by Crippen LogP contribution is 2.23. The summed E-state index contributed by atoms with van der Waals surface area (Å²) in [6, 6.07) is 15.4. The number of fused-ring (bicyclic) bond motifs is 1. The van der Waals surface area contributed by atoms with Gasteiger partial charge in [-0.1, -0.05) is 36.4 Å². The highest BCUT2D eigenvalue weighted by Gasteiger charge is 2.10. The lowest BCUT2D eigenvalue weighted by atomic mass is 10.0. The number of aromatic nitrogens is 2. The Balaban J connectivity index is 2.03. The summed E-state index contributed by atoms with van der Waals surface area (Å²) in [7, 11) is 0. The molecule has 17 heavy (non-hydrogen) atoms. The standard InChI is InChI=1S/C14H12N2O/c17-14(10-4-2-1-3-5-10)11-6-7-12-13(8-11)16-9-15-12/h1-9,14,17H,(H,15,16). The van der Waals surface area contributed by atoms with Gasteiger partial charge in [-0.15, -0.1) is 0 Å². The van der Waals surface area contributed by atoms with Gasteiger partial charge in [-0.3, -0.25) is 0 Å². The number of hydrogen-bond acceptors (Lipinski definition) is 2. The molecule has 2 N–H and O–H groups in total. The van der Waals surface area contributed by atoms with Crippen molar-refractivity contribution in [3.05, 3.63) is 66.0 Å². The summed E-state index contributed by atoms with van der Waals surface area (Å²) >= 11 is 0. The molecule has 3 aromatic rings. The maximum absolute atomic E-state index is 10.3. The van der Waals surface area contributed by atoms with E-state index in [0.29, 0.717) is 0 Å². The van der Waals surface area contributed by atoms with Crippen LogP contribution in [0.15, 0.2) is 54.9 Å². The Morgan fingerprint density at radius 2 is 1.82 bits per heavy atom. The highest BCUT2D eigenvalue weighted by atomic mass is 16.3. The fourth-order valence-electron chi connectivity index (χ4n) is 1.95. The number of nitrogens with one attached hydrogen (secondary N) is 1. The zero-order valence-corrected chi connectivity index (χ0v) is 9.17. The number of nitrogens with zero attached hydrogens (tertiary/aromatic N) is 1. The van der Waals surface area contributed by atoms with Crippen molar-refractivity contribution in [2.75, 3.05) is 0 Å². The van der Waals surface area contributed by atoms with Crippen LogP contribution in [-0.2, 0) is 0 Å². The maximum atomic E-state index is 10.3. The number of aromatic amines is 1. The van der Waals surface area contributed by atoms with Crippen LogP contribution in [0.3, 0.4) is 0 Å². The number of hydrogen-bond donors (Lipinski definition) is 2. The first kappa shape index (κ1) is 10.1. The Bertz CT molecular complexity index is 631. The third-order valence-electron chi connectivity index (χ3n) is 2.88. The molecule has 1 heterocycles. The maximum Gasteiger partial charge on any atom is 0.104 e. The molecule has 1 unspecified atom stereocenters. The minimum absolute atomic E-state index is 0.594. The van der Waals surface area contributed by atoms with E-state index in [9.17, 15) is 5.11 Å². The summed E-state index contributed by atoms with van der Waals surface area (Å²) in [5, 5.41) is 10.3. The van der Waals surface area contributed by atoms with Crippen molar-refractivity contribution in [3.63, 3.8) is 0 Å². The van der Waals surface area contributed by atoms with Gasteiger partial charge in [-0.25, -0.2) is 4.98 Å². The molecule has 0 spiro atoms. The van der Waals surface area contributed by atoms with Crippen LogP contribution in [0.1, 0.15) is 17.2 Å². The van der Waals surface area contributed by atoms with E-state index in [1.807, 2.05) is 48.5 Å². The summed E-state index contributed by atoms with van der Waals surface area (Å²) in [4.78, 5) is 7.20. The molecule has 1 aromatic heterocycles. The van der Waals surface area contributed by atoms with Crippen LogP contribution in [0, 0.1) is 0 Å². The second-order valence-electron chi connectivity index (χ2n) is 3.99. The Morgan fingerprint density at radius 3 is 2.65 bits per heavy atom. The molecule has 0 aliphatic rings. The van der Waals surface area contributed by atoms with E-state index in [2.05, 4.69) is 9.97 Å². The Kier molecular flexibility index (Phi) is 2.38. The summed E-state index contributed by atoms with van der Waals surface area (Å²) < 4.78 is 0. The molecule has 0 saturated heterocycles. The lowest BCUT2D eigenvalue weighted by molar-refractivity contribution is 0.220. The van der Waals surface area contributed by atoms with Gasteiger partial charge in [0.05, 0.1) is 17.4 Å². The monoisotopic (exact) mass is 224 g/mol. The third-order valence-corrected chi connectivity index (χ3v) is 2.88. The van der Waals surface area contributed by atoms with E-state index in [4.69, 9.17) is 0 Å². The molecular formula is C14H12N2O. The molecule has 1 atom stereocenters. The lowest BCUT2D eigenvalue weighted by Crippen LogP contribution is -1.98. The fourth-order valence-corrected chi connectivity index (χ4v) is 1.95. The quantitative estimate of drug-likeness (QED) is 0.703. The number of aliphatic hydroxyl groups excluding tert-OH is 1. The van der Waals surface area contributed by atoms with Gasteiger partial charge in [-0.2, -0.15) is 0 Å². The van der Waals surface area contributed by atoms with Gasteiger partial charge in [0.1, 0.15) is 6.10 Å². The highest BCUT2D eigenvalue weighted by molar-refractivity contribution is 5.75. The smallest absolute Gasteiger partial charge is 0.104 e. The van der Waals surface area contributed by atoms with Crippen molar-refractivity contribution < 1.29 is 5.11 Å². The average molecular weight is 224 g/mol. The van der Waals surface area contributed by atoms with E-state index in [0.717, 1.165) is 22.2 Å². The lowest BCUT2D eigenvalue weighted by Gasteiger charge is -2.11.